The Morgan fingerprint density at radius 3 is 2.69 bits per heavy atom. The van der Waals surface area contributed by atoms with Crippen molar-refractivity contribution in [2.75, 3.05) is 0 Å². The molecule has 0 aliphatic heterocycles. The molecule has 0 radical (unpaired) electrons. The minimum absolute atomic E-state index is 0.000815. The quantitative estimate of drug-likeness (QED) is 0.462. The van der Waals surface area contributed by atoms with Gasteiger partial charge in [0.1, 0.15) is 18.1 Å². The van der Waals surface area contributed by atoms with Gasteiger partial charge in [0, 0.05) is 29.4 Å². The van der Waals surface area contributed by atoms with Crippen molar-refractivity contribution >= 4 is 17.5 Å². The SMILES string of the molecule is Cc1c(-c2nn(CC(=O)NCc3ccccc3F)c(=O)o2)ncn1Cc1ccc(Cl)cc1. The number of imidazole rings is 1. The number of benzene rings is 2. The van der Waals surface area contributed by atoms with Crippen LogP contribution in [0.1, 0.15) is 16.8 Å². The van der Waals surface area contributed by atoms with Crippen molar-refractivity contribution in [1.82, 2.24) is 24.6 Å². The van der Waals surface area contributed by atoms with Crippen molar-refractivity contribution in [2.45, 2.75) is 26.6 Å². The van der Waals surface area contributed by atoms with Gasteiger partial charge in [-0.15, -0.1) is 5.10 Å². The summed E-state index contributed by atoms with van der Waals surface area (Å²) in [5, 5.41) is 7.31. The van der Waals surface area contributed by atoms with Crippen molar-refractivity contribution in [1.29, 1.82) is 0 Å². The average molecular weight is 456 g/mol. The number of nitrogens with one attached hydrogen (secondary N) is 1. The van der Waals surface area contributed by atoms with Crippen LogP contribution in [-0.2, 0) is 24.4 Å². The summed E-state index contributed by atoms with van der Waals surface area (Å²) < 4.78 is 21.7. The van der Waals surface area contributed by atoms with Crippen molar-refractivity contribution in [3.8, 4) is 11.6 Å². The summed E-state index contributed by atoms with van der Waals surface area (Å²) in [7, 11) is 0. The lowest BCUT2D eigenvalue weighted by Crippen LogP contribution is -2.31. The maximum atomic E-state index is 13.7. The third kappa shape index (κ3) is 4.78. The maximum Gasteiger partial charge on any atom is 0.437 e. The number of amides is 1. The number of hydrogen-bond acceptors (Lipinski definition) is 5. The van der Waals surface area contributed by atoms with Gasteiger partial charge in [0.05, 0.1) is 6.33 Å². The number of rotatable bonds is 7. The summed E-state index contributed by atoms with van der Waals surface area (Å²) in [6, 6.07) is 13.6. The molecule has 0 unspecified atom stereocenters. The molecule has 2 aromatic heterocycles. The second kappa shape index (κ2) is 9.19. The van der Waals surface area contributed by atoms with E-state index >= 15 is 0 Å². The minimum atomic E-state index is -0.785. The molecular weight excluding hydrogens is 437 g/mol. The molecule has 0 bridgehead atoms. The van der Waals surface area contributed by atoms with E-state index in [0.717, 1.165) is 15.9 Å². The van der Waals surface area contributed by atoms with Gasteiger partial charge in [-0.05, 0) is 30.7 Å². The Morgan fingerprint density at radius 1 is 1.19 bits per heavy atom. The molecule has 2 heterocycles. The lowest BCUT2D eigenvalue weighted by molar-refractivity contribution is -0.122. The van der Waals surface area contributed by atoms with E-state index in [-0.39, 0.29) is 19.0 Å². The predicted molar refractivity (Wildman–Crippen MR) is 116 cm³/mol. The van der Waals surface area contributed by atoms with Crippen LogP contribution in [0, 0.1) is 12.7 Å². The molecule has 2 aromatic carbocycles. The van der Waals surface area contributed by atoms with Crippen LogP contribution < -0.4 is 11.1 Å². The molecule has 1 amide bonds. The third-order valence-electron chi connectivity index (χ3n) is 4.90. The molecule has 0 saturated carbocycles. The van der Waals surface area contributed by atoms with Gasteiger partial charge in [-0.1, -0.05) is 41.9 Å². The van der Waals surface area contributed by atoms with Crippen LogP contribution in [0.2, 0.25) is 5.02 Å². The fraction of sp³-hybridized carbons (Fsp3) is 0.182. The lowest BCUT2D eigenvalue weighted by Gasteiger charge is -2.06. The fourth-order valence-electron chi connectivity index (χ4n) is 3.13. The highest BCUT2D eigenvalue weighted by atomic mass is 35.5. The van der Waals surface area contributed by atoms with Crippen LogP contribution in [0.15, 0.2) is 64.1 Å². The topological polar surface area (TPSA) is 94.9 Å². The Kier molecular flexibility index (Phi) is 6.18. The summed E-state index contributed by atoms with van der Waals surface area (Å²) >= 11 is 5.92. The van der Waals surface area contributed by atoms with Gasteiger partial charge in [0.15, 0.2) is 0 Å². The van der Waals surface area contributed by atoms with Crippen LogP contribution in [0.25, 0.3) is 11.6 Å². The Labute approximate surface area is 187 Å². The normalized spacial score (nSPS) is 11.0. The zero-order valence-corrected chi connectivity index (χ0v) is 17.8. The average Bonchev–Trinajstić information content (AvgIpc) is 3.31. The van der Waals surface area contributed by atoms with Gasteiger partial charge in [0.25, 0.3) is 5.89 Å². The van der Waals surface area contributed by atoms with Crippen molar-refractivity contribution in [3.05, 3.63) is 93.1 Å². The molecule has 0 aliphatic rings. The minimum Gasteiger partial charge on any atom is -0.386 e. The van der Waals surface area contributed by atoms with E-state index in [9.17, 15) is 14.0 Å². The highest BCUT2D eigenvalue weighted by Gasteiger charge is 2.18. The second-order valence-corrected chi connectivity index (χ2v) is 7.57. The summed E-state index contributed by atoms with van der Waals surface area (Å²) in [5.41, 5.74) is 2.52. The monoisotopic (exact) mass is 455 g/mol. The Morgan fingerprint density at radius 2 is 1.94 bits per heavy atom. The first kappa shape index (κ1) is 21.5. The number of carbonyl (C=O) groups excluding carboxylic acids is 1. The smallest absolute Gasteiger partial charge is 0.386 e. The van der Waals surface area contributed by atoms with E-state index < -0.39 is 17.5 Å². The van der Waals surface area contributed by atoms with E-state index in [1.165, 1.54) is 6.07 Å². The largest absolute Gasteiger partial charge is 0.437 e. The molecule has 0 saturated heterocycles. The van der Waals surface area contributed by atoms with E-state index in [4.69, 9.17) is 16.0 Å². The number of hydrogen-bond donors (Lipinski definition) is 1. The van der Waals surface area contributed by atoms with Gasteiger partial charge in [-0.25, -0.2) is 14.2 Å². The second-order valence-electron chi connectivity index (χ2n) is 7.13. The summed E-state index contributed by atoms with van der Waals surface area (Å²) in [5.74, 6) is -1.68. The first-order valence-corrected chi connectivity index (χ1v) is 10.1. The highest BCUT2D eigenvalue weighted by Crippen LogP contribution is 2.20. The van der Waals surface area contributed by atoms with Crippen LogP contribution in [0.4, 0.5) is 4.39 Å². The van der Waals surface area contributed by atoms with Crippen molar-refractivity contribution < 1.29 is 13.6 Å². The summed E-state index contributed by atoms with van der Waals surface area (Å²) in [4.78, 5) is 28.7. The zero-order chi connectivity index (χ0) is 22.7. The van der Waals surface area contributed by atoms with Crippen molar-refractivity contribution in [2.24, 2.45) is 0 Å². The molecule has 8 nitrogen and oxygen atoms in total. The summed E-state index contributed by atoms with van der Waals surface area (Å²) in [6.07, 6.45) is 1.62. The third-order valence-corrected chi connectivity index (χ3v) is 5.15. The highest BCUT2D eigenvalue weighted by molar-refractivity contribution is 6.30. The van der Waals surface area contributed by atoms with Crippen LogP contribution in [0.5, 0.6) is 0 Å². The molecule has 10 heteroatoms. The molecule has 1 N–H and O–H groups in total. The number of halogens is 2. The van der Waals surface area contributed by atoms with Crippen LogP contribution in [-0.4, -0.2) is 25.2 Å². The fourth-order valence-corrected chi connectivity index (χ4v) is 3.25. The van der Waals surface area contributed by atoms with E-state index in [0.29, 0.717) is 22.8 Å². The molecule has 0 fully saturated rings. The molecule has 0 spiro atoms. The maximum absolute atomic E-state index is 13.7. The predicted octanol–water partition coefficient (Wildman–Crippen LogP) is 3.17. The first-order chi connectivity index (χ1) is 15.4. The Balaban J connectivity index is 1.44. The van der Waals surface area contributed by atoms with Crippen LogP contribution in [0.3, 0.4) is 0 Å². The van der Waals surface area contributed by atoms with E-state index in [1.54, 1.807) is 24.5 Å². The van der Waals surface area contributed by atoms with E-state index in [1.807, 2.05) is 35.8 Å². The Hall–Kier alpha value is -3.72. The van der Waals surface area contributed by atoms with Gasteiger partial charge in [-0.2, -0.15) is 4.68 Å². The number of carbonyl (C=O) groups is 1. The molecular formula is C22H19ClFN5O3. The summed E-state index contributed by atoms with van der Waals surface area (Å²) in [6.45, 7) is 2.03. The van der Waals surface area contributed by atoms with Crippen molar-refractivity contribution in [3.63, 3.8) is 0 Å². The number of aromatic nitrogens is 4. The molecule has 32 heavy (non-hydrogen) atoms. The van der Waals surface area contributed by atoms with Gasteiger partial charge in [0.2, 0.25) is 5.91 Å². The zero-order valence-electron chi connectivity index (χ0n) is 17.1. The van der Waals surface area contributed by atoms with Gasteiger partial charge < -0.3 is 14.3 Å². The number of nitrogens with zero attached hydrogens (tertiary/aromatic N) is 4. The standard InChI is InChI=1S/C22H19ClFN5O3/c1-14-20(26-13-28(14)11-15-6-8-17(23)9-7-15)21-27-29(22(31)32-21)12-19(30)25-10-16-4-2-3-5-18(16)24/h2-9,13H,10-12H2,1H3,(H,25,30). The molecule has 4 rings (SSSR count). The van der Waals surface area contributed by atoms with Crippen LogP contribution >= 0.6 is 11.6 Å². The molecule has 4 aromatic rings. The van der Waals surface area contributed by atoms with Gasteiger partial charge >= 0.3 is 5.76 Å². The molecule has 164 valence electrons. The van der Waals surface area contributed by atoms with E-state index in [2.05, 4.69) is 15.4 Å². The molecule has 0 aliphatic carbocycles. The lowest BCUT2D eigenvalue weighted by atomic mass is 10.2. The Bertz CT molecular complexity index is 1310. The first-order valence-electron chi connectivity index (χ1n) is 9.75. The molecule has 0 atom stereocenters. The van der Waals surface area contributed by atoms with Gasteiger partial charge in [-0.3, -0.25) is 4.79 Å².